The zero-order chi connectivity index (χ0) is 20.1. The van der Waals surface area contributed by atoms with Crippen molar-refractivity contribution in [3.63, 3.8) is 0 Å². The molecule has 5 nitrogen and oxygen atoms in total. The van der Waals surface area contributed by atoms with Crippen molar-refractivity contribution in [2.45, 2.75) is 30.0 Å². The number of carbonyl (C=O) groups is 1. The van der Waals surface area contributed by atoms with E-state index >= 15 is 0 Å². The highest BCUT2D eigenvalue weighted by Crippen LogP contribution is 2.31. The number of hydrogen-bond acceptors (Lipinski definition) is 4. The van der Waals surface area contributed by atoms with Crippen LogP contribution in [0.3, 0.4) is 0 Å². The minimum atomic E-state index is -0.129. The van der Waals surface area contributed by atoms with E-state index in [1.807, 2.05) is 36.4 Å². The summed E-state index contributed by atoms with van der Waals surface area (Å²) in [6.07, 6.45) is 2.64. The van der Waals surface area contributed by atoms with Crippen LogP contribution in [0.4, 0.5) is 0 Å². The number of nitrogens with zero attached hydrogens (tertiary/aromatic N) is 2. The van der Waals surface area contributed by atoms with E-state index in [4.69, 9.17) is 0 Å². The number of thioether (sulfide) groups is 1. The van der Waals surface area contributed by atoms with E-state index in [1.165, 1.54) is 35.2 Å². The van der Waals surface area contributed by atoms with Crippen molar-refractivity contribution < 1.29 is 4.79 Å². The highest BCUT2D eigenvalue weighted by atomic mass is 32.2. The summed E-state index contributed by atoms with van der Waals surface area (Å²) in [5.41, 5.74) is 2.39. The maximum Gasteiger partial charge on any atom is 0.254 e. The lowest BCUT2D eigenvalue weighted by molar-refractivity contribution is -0.121. The lowest BCUT2D eigenvalue weighted by atomic mass is 9.88. The number of carbonyl (C=O) groups excluding carboxylic acids is 1. The van der Waals surface area contributed by atoms with Crippen LogP contribution in [-0.4, -0.2) is 27.8 Å². The molecule has 29 heavy (non-hydrogen) atoms. The van der Waals surface area contributed by atoms with Gasteiger partial charge in [-0.05, 0) is 17.5 Å². The summed E-state index contributed by atoms with van der Waals surface area (Å²) < 4.78 is 1.64. The van der Waals surface area contributed by atoms with Crippen LogP contribution in [-0.2, 0) is 4.79 Å². The summed E-state index contributed by atoms with van der Waals surface area (Å²) in [5.74, 6) is 0.905. The van der Waals surface area contributed by atoms with Crippen LogP contribution in [0.5, 0.6) is 0 Å². The van der Waals surface area contributed by atoms with Gasteiger partial charge in [0.2, 0.25) is 5.91 Å². The summed E-state index contributed by atoms with van der Waals surface area (Å²) in [6, 6.07) is 22.1. The molecule has 148 valence electrons. The second-order valence-electron chi connectivity index (χ2n) is 7.12. The minimum absolute atomic E-state index is 0.0286. The van der Waals surface area contributed by atoms with E-state index in [9.17, 15) is 9.59 Å². The minimum Gasteiger partial charge on any atom is -0.356 e. The average Bonchev–Trinajstić information content (AvgIpc) is 3.16. The van der Waals surface area contributed by atoms with Crippen LogP contribution in [0.2, 0.25) is 0 Å². The van der Waals surface area contributed by atoms with Gasteiger partial charge in [-0.25, -0.2) is 4.98 Å². The topological polar surface area (TPSA) is 64.0 Å². The van der Waals surface area contributed by atoms with Gasteiger partial charge in [0.05, 0.1) is 6.04 Å². The molecule has 0 fully saturated rings. The van der Waals surface area contributed by atoms with Crippen LogP contribution >= 0.6 is 11.8 Å². The third kappa shape index (κ3) is 4.59. The molecule has 1 aromatic heterocycles. The SMILES string of the molecule is O=C(C[C@@H]1CSc2nccc(=O)n21)NCCC(c1ccccc1)c1ccccc1. The Kier molecular flexibility index (Phi) is 6.10. The van der Waals surface area contributed by atoms with E-state index in [0.717, 1.165) is 6.42 Å². The molecule has 1 aliphatic rings. The highest BCUT2D eigenvalue weighted by Gasteiger charge is 2.26. The lowest BCUT2D eigenvalue weighted by Crippen LogP contribution is -2.31. The van der Waals surface area contributed by atoms with Gasteiger partial charge in [0.1, 0.15) is 0 Å². The van der Waals surface area contributed by atoms with Gasteiger partial charge in [-0.15, -0.1) is 0 Å². The first-order chi connectivity index (χ1) is 14.2. The Hall–Kier alpha value is -2.86. The van der Waals surface area contributed by atoms with Gasteiger partial charge < -0.3 is 5.32 Å². The standard InChI is InChI=1S/C23H23N3O2S/c27-21(15-19-16-29-23-25-14-12-22(28)26(19)23)24-13-11-20(17-7-3-1-4-8-17)18-9-5-2-6-10-18/h1-10,12,14,19-20H,11,13,15-16H2,(H,24,27)/t19-/m1/s1. The average molecular weight is 406 g/mol. The van der Waals surface area contributed by atoms with Gasteiger partial charge in [0.25, 0.3) is 5.56 Å². The van der Waals surface area contributed by atoms with Crippen molar-refractivity contribution in [1.29, 1.82) is 0 Å². The Morgan fingerprint density at radius 3 is 2.38 bits per heavy atom. The van der Waals surface area contributed by atoms with E-state index in [-0.39, 0.29) is 23.4 Å². The zero-order valence-corrected chi connectivity index (χ0v) is 16.8. The molecule has 0 spiro atoms. The fraction of sp³-hybridized carbons (Fsp3) is 0.261. The van der Waals surface area contributed by atoms with Crippen LogP contribution in [0.15, 0.2) is 82.9 Å². The monoisotopic (exact) mass is 405 g/mol. The molecule has 1 amide bonds. The molecule has 0 radical (unpaired) electrons. The maximum absolute atomic E-state index is 12.5. The lowest BCUT2D eigenvalue weighted by Gasteiger charge is -2.19. The van der Waals surface area contributed by atoms with Crippen molar-refractivity contribution in [2.24, 2.45) is 0 Å². The predicted octanol–water partition coefficient (Wildman–Crippen LogP) is 3.62. The van der Waals surface area contributed by atoms with Gasteiger partial charge in [0, 0.05) is 36.9 Å². The Balaban J connectivity index is 1.37. The molecule has 3 aromatic rings. The molecule has 2 aromatic carbocycles. The van der Waals surface area contributed by atoms with Crippen molar-refractivity contribution in [1.82, 2.24) is 14.9 Å². The smallest absolute Gasteiger partial charge is 0.254 e. The van der Waals surface area contributed by atoms with Crippen molar-refractivity contribution in [3.8, 4) is 0 Å². The summed E-state index contributed by atoms with van der Waals surface area (Å²) in [6.45, 7) is 0.585. The van der Waals surface area contributed by atoms with Crippen LogP contribution in [0.25, 0.3) is 0 Å². The Morgan fingerprint density at radius 2 is 1.72 bits per heavy atom. The Bertz CT molecular complexity index is 982. The Labute approximate surface area is 174 Å². The number of hydrogen-bond donors (Lipinski definition) is 1. The molecule has 1 atom stereocenters. The number of benzene rings is 2. The highest BCUT2D eigenvalue weighted by molar-refractivity contribution is 7.99. The van der Waals surface area contributed by atoms with Crippen LogP contribution in [0.1, 0.15) is 35.9 Å². The first-order valence-corrected chi connectivity index (χ1v) is 10.8. The molecule has 1 N–H and O–H groups in total. The van der Waals surface area contributed by atoms with E-state index in [1.54, 1.807) is 4.57 Å². The number of fused-ring (bicyclic) bond motifs is 1. The molecule has 0 saturated carbocycles. The van der Waals surface area contributed by atoms with Gasteiger partial charge in [-0.1, -0.05) is 72.4 Å². The molecule has 2 heterocycles. The van der Waals surface area contributed by atoms with E-state index < -0.39 is 0 Å². The molecule has 0 bridgehead atoms. The maximum atomic E-state index is 12.5. The molecule has 6 heteroatoms. The fourth-order valence-electron chi connectivity index (χ4n) is 3.78. The first kappa shape index (κ1) is 19.5. The normalized spacial score (nSPS) is 15.3. The largest absolute Gasteiger partial charge is 0.356 e. The fourth-order valence-corrected chi connectivity index (χ4v) is 4.90. The van der Waals surface area contributed by atoms with Gasteiger partial charge in [0.15, 0.2) is 5.16 Å². The second kappa shape index (κ2) is 9.09. The molecule has 4 rings (SSSR count). The number of rotatable bonds is 7. The summed E-state index contributed by atoms with van der Waals surface area (Å²) in [4.78, 5) is 28.8. The molecular formula is C23H23N3O2S. The van der Waals surface area contributed by atoms with Gasteiger partial charge >= 0.3 is 0 Å². The third-order valence-electron chi connectivity index (χ3n) is 5.20. The summed E-state index contributed by atoms with van der Waals surface area (Å²) in [5, 5.41) is 3.74. The van der Waals surface area contributed by atoms with Crippen LogP contribution in [0, 0.1) is 0 Å². The van der Waals surface area contributed by atoms with Crippen molar-refractivity contribution in [2.75, 3.05) is 12.3 Å². The quantitative estimate of drug-likeness (QED) is 0.610. The Morgan fingerprint density at radius 1 is 1.07 bits per heavy atom. The molecule has 0 aliphatic carbocycles. The van der Waals surface area contributed by atoms with Crippen molar-refractivity contribution in [3.05, 3.63) is 94.4 Å². The third-order valence-corrected chi connectivity index (χ3v) is 6.31. The zero-order valence-electron chi connectivity index (χ0n) is 16.0. The molecule has 0 saturated heterocycles. The van der Waals surface area contributed by atoms with E-state index in [0.29, 0.717) is 23.9 Å². The van der Waals surface area contributed by atoms with Gasteiger partial charge in [-0.3, -0.25) is 14.2 Å². The summed E-state index contributed by atoms with van der Waals surface area (Å²) in [7, 11) is 0. The molecule has 0 unspecified atom stereocenters. The number of amides is 1. The number of aromatic nitrogens is 2. The molecular weight excluding hydrogens is 382 g/mol. The van der Waals surface area contributed by atoms with E-state index in [2.05, 4.69) is 34.6 Å². The van der Waals surface area contributed by atoms with Gasteiger partial charge in [-0.2, -0.15) is 0 Å². The first-order valence-electron chi connectivity index (χ1n) is 9.79. The predicted molar refractivity (Wildman–Crippen MR) is 115 cm³/mol. The molecule has 1 aliphatic heterocycles. The number of nitrogens with one attached hydrogen (secondary N) is 1. The van der Waals surface area contributed by atoms with Crippen LogP contribution < -0.4 is 10.9 Å². The van der Waals surface area contributed by atoms with Crippen molar-refractivity contribution >= 4 is 17.7 Å². The second-order valence-corrected chi connectivity index (χ2v) is 8.10. The summed E-state index contributed by atoms with van der Waals surface area (Å²) >= 11 is 1.53.